The Kier molecular flexibility index (Phi) is 4.40. The number of nitriles is 1. The SMILES string of the molecule is N#Cc1cc(NC(=O)c2ccn(-c3ccc([N+](=O)[O-])cc3)n2)ccc1F. The zero-order valence-corrected chi connectivity index (χ0v) is 13.1. The molecule has 1 aromatic heterocycles. The van der Waals surface area contributed by atoms with E-state index < -0.39 is 16.6 Å². The van der Waals surface area contributed by atoms with E-state index in [0.717, 1.165) is 6.07 Å². The van der Waals surface area contributed by atoms with Gasteiger partial charge in [-0.1, -0.05) is 0 Å². The van der Waals surface area contributed by atoms with Crippen LogP contribution < -0.4 is 5.32 Å². The molecule has 0 bridgehead atoms. The molecule has 0 saturated heterocycles. The number of benzene rings is 2. The summed E-state index contributed by atoms with van der Waals surface area (Å²) in [6, 6.07) is 12.5. The number of halogens is 1. The summed E-state index contributed by atoms with van der Waals surface area (Å²) in [6.45, 7) is 0. The van der Waals surface area contributed by atoms with Crippen LogP contribution >= 0.6 is 0 Å². The Morgan fingerprint density at radius 1 is 1.23 bits per heavy atom. The number of hydrogen-bond acceptors (Lipinski definition) is 5. The zero-order chi connectivity index (χ0) is 18.7. The lowest BCUT2D eigenvalue weighted by Crippen LogP contribution is -2.13. The summed E-state index contributed by atoms with van der Waals surface area (Å²) in [5, 5.41) is 26.1. The van der Waals surface area contributed by atoms with Gasteiger partial charge in [0.1, 0.15) is 11.9 Å². The standard InChI is InChI=1S/C17H10FN5O3/c18-15-6-1-12(9-11(15)10-19)20-17(24)16-7-8-22(21-16)13-2-4-14(5-3-13)23(25)26/h1-9H,(H,20,24). The van der Waals surface area contributed by atoms with Gasteiger partial charge in [0.25, 0.3) is 11.6 Å². The van der Waals surface area contributed by atoms with Crippen molar-refractivity contribution in [2.75, 3.05) is 5.32 Å². The Morgan fingerprint density at radius 3 is 2.62 bits per heavy atom. The van der Waals surface area contributed by atoms with E-state index in [9.17, 15) is 19.3 Å². The molecule has 3 aromatic rings. The number of carbonyl (C=O) groups is 1. The summed E-state index contributed by atoms with van der Waals surface area (Å²) in [5.41, 5.74) is 0.662. The van der Waals surface area contributed by atoms with E-state index >= 15 is 0 Å². The molecule has 0 aliphatic heterocycles. The molecule has 0 atom stereocenters. The summed E-state index contributed by atoms with van der Waals surface area (Å²) in [7, 11) is 0. The van der Waals surface area contributed by atoms with E-state index in [1.165, 1.54) is 53.3 Å². The van der Waals surface area contributed by atoms with Crippen LogP contribution in [0.15, 0.2) is 54.7 Å². The molecule has 8 nitrogen and oxygen atoms in total. The number of nitrogens with zero attached hydrogens (tertiary/aromatic N) is 4. The van der Waals surface area contributed by atoms with Crippen molar-refractivity contribution in [3.8, 4) is 11.8 Å². The molecule has 0 unspecified atom stereocenters. The first-order valence-corrected chi connectivity index (χ1v) is 7.29. The molecule has 0 aliphatic rings. The van der Waals surface area contributed by atoms with Crippen LogP contribution in [0.3, 0.4) is 0 Å². The van der Waals surface area contributed by atoms with E-state index in [2.05, 4.69) is 10.4 Å². The fraction of sp³-hybridized carbons (Fsp3) is 0. The normalized spacial score (nSPS) is 10.2. The molecule has 1 amide bonds. The Labute approximate surface area is 146 Å². The average molecular weight is 351 g/mol. The monoisotopic (exact) mass is 351 g/mol. The van der Waals surface area contributed by atoms with E-state index in [4.69, 9.17) is 5.26 Å². The van der Waals surface area contributed by atoms with Crippen LogP contribution in [0, 0.1) is 27.3 Å². The molecule has 0 spiro atoms. The molecule has 0 fully saturated rings. The quantitative estimate of drug-likeness (QED) is 0.573. The van der Waals surface area contributed by atoms with Crippen molar-refractivity contribution in [3.63, 3.8) is 0 Å². The minimum atomic E-state index is -0.673. The third kappa shape index (κ3) is 3.39. The average Bonchev–Trinajstić information content (AvgIpc) is 3.13. The lowest BCUT2D eigenvalue weighted by atomic mass is 10.2. The second kappa shape index (κ2) is 6.82. The summed E-state index contributed by atoms with van der Waals surface area (Å²) < 4.78 is 14.7. The minimum Gasteiger partial charge on any atom is -0.321 e. The Bertz CT molecular complexity index is 1040. The summed E-state index contributed by atoms with van der Waals surface area (Å²) in [5.74, 6) is -1.21. The predicted octanol–water partition coefficient (Wildman–Crippen LogP) is 3.04. The molecule has 0 radical (unpaired) electrons. The van der Waals surface area contributed by atoms with Gasteiger partial charge in [-0.3, -0.25) is 14.9 Å². The third-order valence-corrected chi connectivity index (χ3v) is 3.49. The van der Waals surface area contributed by atoms with Gasteiger partial charge in [0.15, 0.2) is 5.69 Å². The minimum absolute atomic E-state index is 0.0523. The highest BCUT2D eigenvalue weighted by atomic mass is 19.1. The van der Waals surface area contributed by atoms with Gasteiger partial charge in [-0.25, -0.2) is 9.07 Å². The second-order valence-corrected chi connectivity index (χ2v) is 5.18. The Balaban J connectivity index is 1.78. The summed E-state index contributed by atoms with van der Waals surface area (Å²) in [4.78, 5) is 22.4. The van der Waals surface area contributed by atoms with Crippen LogP contribution in [0.2, 0.25) is 0 Å². The lowest BCUT2D eigenvalue weighted by molar-refractivity contribution is -0.384. The van der Waals surface area contributed by atoms with Gasteiger partial charge < -0.3 is 5.32 Å². The number of nitro benzene ring substituents is 1. The first-order valence-electron chi connectivity index (χ1n) is 7.29. The van der Waals surface area contributed by atoms with Crippen molar-refractivity contribution in [1.29, 1.82) is 5.26 Å². The third-order valence-electron chi connectivity index (χ3n) is 3.49. The number of carbonyl (C=O) groups excluding carboxylic acids is 1. The summed E-state index contributed by atoms with van der Waals surface area (Å²) in [6.07, 6.45) is 1.53. The molecule has 2 aromatic carbocycles. The van der Waals surface area contributed by atoms with Gasteiger partial charge in [0.2, 0.25) is 0 Å². The molecule has 128 valence electrons. The fourth-order valence-corrected chi connectivity index (χ4v) is 2.20. The molecular formula is C17H10FN5O3. The van der Waals surface area contributed by atoms with Crippen molar-refractivity contribution < 1.29 is 14.1 Å². The maximum atomic E-state index is 13.3. The van der Waals surface area contributed by atoms with Crippen LogP contribution in [0.25, 0.3) is 5.69 Å². The van der Waals surface area contributed by atoms with Gasteiger partial charge in [0, 0.05) is 24.0 Å². The topological polar surface area (TPSA) is 114 Å². The van der Waals surface area contributed by atoms with Crippen LogP contribution in [-0.2, 0) is 0 Å². The number of anilines is 1. The fourth-order valence-electron chi connectivity index (χ4n) is 2.20. The number of aromatic nitrogens is 2. The number of rotatable bonds is 4. The maximum absolute atomic E-state index is 13.3. The molecule has 1 N–H and O–H groups in total. The van der Waals surface area contributed by atoms with Gasteiger partial charge in [0.05, 0.1) is 16.2 Å². The molecule has 0 aliphatic carbocycles. The number of hydrogen-bond donors (Lipinski definition) is 1. The molecule has 0 saturated carbocycles. The second-order valence-electron chi connectivity index (χ2n) is 5.18. The van der Waals surface area contributed by atoms with E-state index in [0.29, 0.717) is 5.69 Å². The smallest absolute Gasteiger partial charge is 0.276 e. The van der Waals surface area contributed by atoms with Crippen LogP contribution in [0.1, 0.15) is 16.1 Å². The highest BCUT2D eigenvalue weighted by molar-refractivity contribution is 6.02. The van der Waals surface area contributed by atoms with Crippen LogP contribution in [0.4, 0.5) is 15.8 Å². The van der Waals surface area contributed by atoms with Crippen molar-refractivity contribution in [2.24, 2.45) is 0 Å². The highest BCUT2D eigenvalue weighted by Crippen LogP contribution is 2.17. The molecular weight excluding hydrogens is 341 g/mol. The van der Waals surface area contributed by atoms with Gasteiger partial charge >= 0.3 is 0 Å². The molecule has 26 heavy (non-hydrogen) atoms. The Hall–Kier alpha value is -4.06. The largest absolute Gasteiger partial charge is 0.321 e. The molecule has 1 heterocycles. The first kappa shape index (κ1) is 16.8. The van der Waals surface area contributed by atoms with Gasteiger partial charge in [-0.15, -0.1) is 0 Å². The first-order chi connectivity index (χ1) is 12.5. The summed E-state index contributed by atoms with van der Waals surface area (Å²) >= 11 is 0. The van der Waals surface area contributed by atoms with E-state index in [1.807, 2.05) is 0 Å². The highest BCUT2D eigenvalue weighted by Gasteiger charge is 2.12. The Morgan fingerprint density at radius 2 is 1.96 bits per heavy atom. The number of nitrogens with one attached hydrogen (secondary N) is 1. The zero-order valence-electron chi connectivity index (χ0n) is 13.1. The maximum Gasteiger partial charge on any atom is 0.276 e. The molecule has 3 rings (SSSR count). The number of non-ortho nitro benzene ring substituents is 1. The van der Waals surface area contributed by atoms with Crippen molar-refractivity contribution >= 4 is 17.3 Å². The van der Waals surface area contributed by atoms with Crippen LogP contribution in [-0.4, -0.2) is 20.6 Å². The van der Waals surface area contributed by atoms with Crippen LogP contribution in [0.5, 0.6) is 0 Å². The lowest BCUT2D eigenvalue weighted by Gasteiger charge is -2.04. The molecule has 9 heteroatoms. The van der Waals surface area contributed by atoms with Crippen molar-refractivity contribution in [3.05, 3.63) is 81.9 Å². The number of nitro groups is 1. The van der Waals surface area contributed by atoms with Crippen molar-refractivity contribution in [1.82, 2.24) is 9.78 Å². The van der Waals surface area contributed by atoms with Gasteiger partial charge in [-0.05, 0) is 36.4 Å². The number of amides is 1. The predicted molar refractivity (Wildman–Crippen MR) is 89.3 cm³/mol. The van der Waals surface area contributed by atoms with Crippen molar-refractivity contribution in [2.45, 2.75) is 0 Å². The van der Waals surface area contributed by atoms with E-state index in [-0.39, 0.29) is 22.6 Å². The van der Waals surface area contributed by atoms with E-state index in [1.54, 1.807) is 6.07 Å². The van der Waals surface area contributed by atoms with Gasteiger partial charge in [-0.2, -0.15) is 10.4 Å².